The molecule has 0 aliphatic heterocycles. The summed E-state index contributed by atoms with van der Waals surface area (Å²) in [6.07, 6.45) is -3.97. The minimum absolute atomic E-state index is 0.0701. The molecular weight excluding hydrogens is 400 g/mol. The van der Waals surface area contributed by atoms with Crippen molar-refractivity contribution >= 4 is 33.1 Å². The molecule has 0 bridgehead atoms. The molecule has 3 aromatic carbocycles. The zero-order valence-corrected chi connectivity index (χ0v) is 17.1. The number of rotatable bonds is 7. The normalized spacial score (nSPS) is 13.6. The van der Waals surface area contributed by atoms with Crippen LogP contribution in [0.5, 0.6) is 0 Å². The molecule has 3 aromatic rings. The third-order valence-corrected chi connectivity index (χ3v) is 12.7. The molecule has 0 aromatic heterocycles. The molecule has 0 radical (unpaired) electrons. The molecule has 28 heavy (non-hydrogen) atoms. The summed E-state index contributed by atoms with van der Waals surface area (Å²) in [5.41, 5.74) is 0. The molecule has 0 spiro atoms. The molecule has 0 saturated carbocycles. The van der Waals surface area contributed by atoms with Crippen LogP contribution in [-0.2, 0) is 0 Å². The van der Waals surface area contributed by atoms with E-state index in [2.05, 4.69) is 0 Å². The Balaban J connectivity index is 2.16. The fraction of sp³-hybridized carbons (Fsp3) is 0.217. The molecular formula is C23H23ClF3P. The molecule has 0 unspecified atom stereocenters. The summed E-state index contributed by atoms with van der Waals surface area (Å²) in [4.78, 5) is 0. The summed E-state index contributed by atoms with van der Waals surface area (Å²) < 4.78 is 38.2. The average molecular weight is 423 g/mol. The molecule has 148 valence electrons. The van der Waals surface area contributed by atoms with Crippen molar-refractivity contribution in [3.8, 4) is 0 Å². The molecule has 5 heteroatoms. The van der Waals surface area contributed by atoms with Crippen molar-refractivity contribution in [3.05, 3.63) is 91.0 Å². The number of alkyl halides is 3. The topological polar surface area (TPSA) is 0 Å². The van der Waals surface area contributed by atoms with Crippen LogP contribution in [0.25, 0.3) is 0 Å². The van der Waals surface area contributed by atoms with E-state index < -0.39 is 18.6 Å². The second kappa shape index (κ2) is 8.27. The van der Waals surface area contributed by atoms with Gasteiger partial charge in [0.15, 0.2) is 0 Å². The van der Waals surface area contributed by atoms with Crippen LogP contribution in [0.2, 0.25) is 0 Å². The second-order valence-corrected chi connectivity index (χ2v) is 13.6. The van der Waals surface area contributed by atoms with Gasteiger partial charge < -0.3 is 0 Å². The van der Waals surface area contributed by atoms with Crippen LogP contribution in [-0.4, -0.2) is 12.3 Å². The molecule has 0 atom stereocenters. The quantitative estimate of drug-likeness (QED) is 0.305. The van der Waals surface area contributed by atoms with Crippen molar-refractivity contribution in [2.75, 3.05) is 6.16 Å². The molecule has 3 rings (SSSR count). The summed E-state index contributed by atoms with van der Waals surface area (Å²) in [5.74, 6) is -3.43. The molecule has 0 heterocycles. The van der Waals surface area contributed by atoms with Crippen molar-refractivity contribution in [2.24, 2.45) is 0 Å². The van der Waals surface area contributed by atoms with Crippen molar-refractivity contribution in [2.45, 2.75) is 25.4 Å². The van der Waals surface area contributed by atoms with Gasteiger partial charge in [-0.25, -0.2) is 0 Å². The fourth-order valence-corrected chi connectivity index (χ4v) is 10.0. The van der Waals surface area contributed by atoms with Crippen LogP contribution in [0.15, 0.2) is 91.0 Å². The Morgan fingerprint density at radius 1 is 0.607 bits per heavy atom. The van der Waals surface area contributed by atoms with Gasteiger partial charge >= 0.3 is 169 Å². The van der Waals surface area contributed by atoms with E-state index in [9.17, 15) is 13.2 Å². The third kappa shape index (κ3) is 4.11. The molecule has 0 aliphatic rings. The van der Waals surface area contributed by atoms with Crippen LogP contribution in [0, 0.1) is 0 Å². The first kappa shape index (κ1) is 20.9. The zero-order chi connectivity index (χ0) is 20.1. The predicted molar refractivity (Wildman–Crippen MR) is 116 cm³/mol. The minimum atomic E-state index is -4.14. The molecule has 0 N–H and O–H groups in total. The summed E-state index contributed by atoms with van der Waals surface area (Å²) in [5, 5.41) is 2.96. The van der Waals surface area contributed by atoms with Crippen molar-refractivity contribution in [1.82, 2.24) is 0 Å². The Morgan fingerprint density at radius 3 is 1.29 bits per heavy atom. The monoisotopic (exact) mass is 422 g/mol. The van der Waals surface area contributed by atoms with Gasteiger partial charge in [-0.05, 0) is 0 Å². The van der Waals surface area contributed by atoms with Gasteiger partial charge in [0.25, 0.3) is 0 Å². The summed E-state index contributed by atoms with van der Waals surface area (Å²) >= 11 is 7.77. The number of halogens is 4. The van der Waals surface area contributed by atoms with Crippen LogP contribution >= 0.6 is 17.2 Å². The first-order valence-corrected chi connectivity index (χ1v) is 12.6. The van der Waals surface area contributed by atoms with Crippen LogP contribution in [0.1, 0.15) is 19.3 Å². The third-order valence-electron chi connectivity index (χ3n) is 5.17. The zero-order valence-electron chi connectivity index (χ0n) is 15.4. The Kier molecular flexibility index (Phi) is 6.17. The SMILES string of the molecule is FC(F)(F)CCCCP(Cl)(c1ccccc1)(c1ccccc1)c1ccccc1. The predicted octanol–water partition coefficient (Wildman–Crippen LogP) is 6.40. The Morgan fingerprint density at radius 2 is 0.964 bits per heavy atom. The van der Waals surface area contributed by atoms with Crippen molar-refractivity contribution in [3.63, 3.8) is 0 Å². The fourth-order valence-electron chi connectivity index (χ4n) is 3.79. The van der Waals surface area contributed by atoms with E-state index in [0.29, 0.717) is 12.6 Å². The number of hydrogen-bond acceptors (Lipinski definition) is 0. The molecule has 0 fully saturated rings. The first-order chi connectivity index (χ1) is 13.3. The second-order valence-electron chi connectivity index (χ2n) is 6.99. The summed E-state index contributed by atoms with van der Waals surface area (Å²) in [7, 11) is 0. The van der Waals surface area contributed by atoms with Gasteiger partial charge in [0.05, 0.1) is 0 Å². The van der Waals surface area contributed by atoms with E-state index in [1.54, 1.807) is 0 Å². The average Bonchev–Trinajstić information content (AvgIpc) is 2.72. The Hall–Kier alpha value is -1.83. The van der Waals surface area contributed by atoms with Gasteiger partial charge in [-0.15, -0.1) is 0 Å². The summed E-state index contributed by atoms with van der Waals surface area (Å²) in [6.45, 7) is 0. The number of hydrogen-bond donors (Lipinski definition) is 0. The molecule has 0 saturated heterocycles. The van der Waals surface area contributed by atoms with Crippen LogP contribution < -0.4 is 15.9 Å². The van der Waals surface area contributed by atoms with E-state index in [1.165, 1.54) is 0 Å². The van der Waals surface area contributed by atoms with Crippen LogP contribution in [0.3, 0.4) is 0 Å². The van der Waals surface area contributed by atoms with Gasteiger partial charge in [-0.1, -0.05) is 0 Å². The van der Waals surface area contributed by atoms with E-state index in [-0.39, 0.29) is 6.42 Å². The summed E-state index contributed by atoms with van der Waals surface area (Å²) in [6, 6.07) is 29.5. The molecule has 0 amide bonds. The number of unbranched alkanes of at least 4 members (excludes halogenated alkanes) is 1. The maximum atomic E-state index is 12.7. The number of benzene rings is 3. The van der Waals surface area contributed by atoms with Gasteiger partial charge in [0.1, 0.15) is 0 Å². The van der Waals surface area contributed by atoms with Crippen molar-refractivity contribution < 1.29 is 13.2 Å². The van der Waals surface area contributed by atoms with Crippen molar-refractivity contribution in [1.29, 1.82) is 0 Å². The Labute approximate surface area is 169 Å². The Bertz CT molecular complexity index is 781. The van der Waals surface area contributed by atoms with E-state index in [1.807, 2.05) is 91.0 Å². The molecule has 0 aliphatic carbocycles. The van der Waals surface area contributed by atoms with E-state index in [0.717, 1.165) is 15.9 Å². The van der Waals surface area contributed by atoms with Gasteiger partial charge in [-0.2, -0.15) is 0 Å². The maximum absolute atomic E-state index is 12.7. The standard InChI is InChI=1S/C23H23ClF3P/c24-28(20-12-4-1-5-13-20,21-14-6-2-7-15-21,22-16-8-3-9-17-22)19-11-10-18-23(25,26)27/h1-9,12-17H,10-11,18-19H2. The van der Waals surface area contributed by atoms with Gasteiger partial charge in [0.2, 0.25) is 0 Å². The molecule has 0 nitrogen and oxygen atoms in total. The van der Waals surface area contributed by atoms with Gasteiger partial charge in [-0.3, -0.25) is 0 Å². The van der Waals surface area contributed by atoms with Crippen LogP contribution in [0.4, 0.5) is 13.2 Å². The van der Waals surface area contributed by atoms with Gasteiger partial charge in [0, 0.05) is 0 Å². The van der Waals surface area contributed by atoms with E-state index >= 15 is 0 Å². The van der Waals surface area contributed by atoms with E-state index in [4.69, 9.17) is 11.2 Å². The first-order valence-electron chi connectivity index (χ1n) is 9.31.